The minimum Gasteiger partial charge on any atom is -0.299 e. The normalized spacial score (nSPS) is 11.0. The molecule has 0 saturated heterocycles. The molecule has 0 atom stereocenters. The van der Waals surface area contributed by atoms with Crippen molar-refractivity contribution in [1.29, 1.82) is 0 Å². The van der Waals surface area contributed by atoms with Gasteiger partial charge in [-0.3, -0.25) is 9.36 Å². The Bertz CT molecular complexity index is 1070. The fourth-order valence-corrected chi connectivity index (χ4v) is 3.30. The lowest BCUT2D eigenvalue weighted by Gasteiger charge is -2.06. The first-order valence-electron chi connectivity index (χ1n) is 8.51. The van der Waals surface area contributed by atoms with E-state index < -0.39 is 0 Å². The molecule has 4 heteroatoms. The number of aryl methyl sites for hydroxylation is 1. The Morgan fingerprint density at radius 2 is 1.73 bits per heavy atom. The summed E-state index contributed by atoms with van der Waals surface area (Å²) in [5, 5.41) is 0.706. The van der Waals surface area contributed by atoms with Crippen LogP contribution in [0.1, 0.15) is 22.3 Å². The minimum absolute atomic E-state index is 0.0982. The summed E-state index contributed by atoms with van der Waals surface area (Å²) in [5.74, 6) is 0.0982. The highest BCUT2D eigenvalue weighted by atomic mass is 35.5. The number of hydrogen-bond acceptors (Lipinski definition) is 2. The van der Waals surface area contributed by atoms with Gasteiger partial charge in [0.2, 0.25) is 0 Å². The molecule has 0 aliphatic rings. The molecule has 3 aromatic carbocycles. The van der Waals surface area contributed by atoms with Crippen molar-refractivity contribution in [3.05, 3.63) is 95.3 Å². The molecule has 0 saturated carbocycles. The first kappa shape index (κ1) is 16.6. The third-order valence-electron chi connectivity index (χ3n) is 4.48. The van der Waals surface area contributed by atoms with Crippen molar-refractivity contribution in [1.82, 2.24) is 9.55 Å². The van der Waals surface area contributed by atoms with Crippen LogP contribution in [0.2, 0.25) is 5.02 Å². The lowest BCUT2D eigenvalue weighted by Crippen LogP contribution is -2.01. The van der Waals surface area contributed by atoms with Crippen LogP contribution in [0.25, 0.3) is 16.7 Å². The summed E-state index contributed by atoms with van der Waals surface area (Å²) in [6, 6.07) is 23.4. The standard InChI is InChI=1S/C22H17ClN2O/c23-19-9-5-4-6-16(19)11-13-22(26)17-10-12-21-20(14-17)24-15-25(21)18-7-2-1-3-8-18/h1-10,12,14-15H,11,13H2. The molecule has 4 rings (SSSR count). The largest absolute Gasteiger partial charge is 0.299 e. The lowest BCUT2D eigenvalue weighted by molar-refractivity contribution is 0.0983. The number of halogens is 1. The highest BCUT2D eigenvalue weighted by Gasteiger charge is 2.11. The number of carbonyl (C=O) groups is 1. The Kier molecular flexibility index (Phi) is 4.55. The van der Waals surface area contributed by atoms with Gasteiger partial charge in [-0.15, -0.1) is 0 Å². The van der Waals surface area contributed by atoms with E-state index in [2.05, 4.69) is 4.98 Å². The number of hydrogen-bond donors (Lipinski definition) is 0. The van der Waals surface area contributed by atoms with Gasteiger partial charge in [0.05, 0.1) is 11.0 Å². The van der Waals surface area contributed by atoms with E-state index in [0.29, 0.717) is 23.4 Å². The van der Waals surface area contributed by atoms with Gasteiger partial charge in [-0.25, -0.2) is 4.98 Å². The summed E-state index contributed by atoms with van der Waals surface area (Å²) in [6.45, 7) is 0. The number of nitrogens with zero attached hydrogens (tertiary/aromatic N) is 2. The molecule has 1 heterocycles. The van der Waals surface area contributed by atoms with Crippen LogP contribution < -0.4 is 0 Å². The van der Waals surface area contributed by atoms with Crippen LogP contribution in [-0.4, -0.2) is 15.3 Å². The quantitative estimate of drug-likeness (QED) is 0.441. The predicted molar refractivity (Wildman–Crippen MR) is 105 cm³/mol. The second-order valence-corrected chi connectivity index (χ2v) is 6.58. The van der Waals surface area contributed by atoms with E-state index in [1.807, 2.05) is 77.4 Å². The SMILES string of the molecule is O=C(CCc1ccccc1Cl)c1ccc2c(c1)ncn2-c1ccccc1. The van der Waals surface area contributed by atoms with E-state index in [4.69, 9.17) is 11.6 Å². The van der Waals surface area contributed by atoms with E-state index in [-0.39, 0.29) is 5.78 Å². The van der Waals surface area contributed by atoms with Crippen LogP contribution in [0, 0.1) is 0 Å². The number of carbonyl (C=O) groups excluding carboxylic acids is 1. The van der Waals surface area contributed by atoms with Crippen molar-refractivity contribution in [2.24, 2.45) is 0 Å². The third-order valence-corrected chi connectivity index (χ3v) is 4.85. The maximum absolute atomic E-state index is 12.6. The van der Waals surface area contributed by atoms with Crippen LogP contribution >= 0.6 is 11.6 Å². The highest BCUT2D eigenvalue weighted by Crippen LogP contribution is 2.21. The predicted octanol–water partition coefficient (Wildman–Crippen LogP) is 5.49. The molecular formula is C22H17ClN2O. The zero-order valence-electron chi connectivity index (χ0n) is 14.1. The zero-order valence-corrected chi connectivity index (χ0v) is 14.9. The number of Topliss-reactive ketones (excluding diaryl/α,β-unsaturated/α-hetero) is 1. The topological polar surface area (TPSA) is 34.9 Å². The van der Waals surface area contributed by atoms with Crippen LogP contribution in [0.15, 0.2) is 79.1 Å². The molecule has 0 aliphatic heterocycles. The molecule has 0 fully saturated rings. The molecule has 0 spiro atoms. The van der Waals surface area contributed by atoms with Crippen molar-refractivity contribution in [2.45, 2.75) is 12.8 Å². The summed E-state index contributed by atoms with van der Waals surface area (Å²) >= 11 is 6.17. The maximum atomic E-state index is 12.6. The Morgan fingerprint density at radius 1 is 0.962 bits per heavy atom. The minimum atomic E-state index is 0.0982. The Hall–Kier alpha value is -2.91. The molecule has 128 valence electrons. The number of fused-ring (bicyclic) bond motifs is 1. The third kappa shape index (κ3) is 3.26. The number of imidazole rings is 1. The van der Waals surface area contributed by atoms with Gasteiger partial charge in [0.15, 0.2) is 5.78 Å². The van der Waals surface area contributed by atoms with Crippen molar-refractivity contribution >= 4 is 28.4 Å². The summed E-state index contributed by atoms with van der Waals surface area (Å²) < 4.78 is 2.02. The van der Waals surface area contributed by atoms with Crippen molar-refractivity contribution < 1.29 is 4.79 Å². The number of rotatable bonds is 5. The Morgan fingerprint density at radius 3 is 2.54 bits per heavy atom. The summed E-state index contributed by atoms with van der Waals surface area (Å²) in [4.78, 5) is 17.0. The number of benzene rings is 3. The molecule has 26 heavy (non-hydrogen) atoms. The van der Waals surface area contributed by atoms with E-state index in [1.54, 1.807) is 6.33 Å². The second kappa shape index (κ2) is 7.14. The monoisotopic (exact) mass is 360 g/mol. The van der Waals surface area contributed by atoms with E-state index in [0.717, 1.165) is 22.3 Å². The van der Waals surface area contributed by atoms with Gasteiger partial charge in [0.25, 0.3) is 0 Å². The van der Waals surface area contributed by atoms with Gasteiger partial charge in [-0.05, 0) is 48.4 Å². The summed E-state index contributed by atoms with van der Waals surface area (Å²) in [7, 11) is 0. The van der Waals surface area contributed by atoms with Crippen LogP contribution in [-0.2, 0) is 6.42 Å². The number of aromatic nitrogens is 2. The molecule has 0 radical (unpaired) electrons. The lowest BCUT2D eigenvalue weighted by atomic mass is 10.0. The fraction of sp³-hybridized carbons (Fsp3) is 0.0909. The molecule has 0 amide bonds. The smallest absolute Gasteiger partial charge is 0.163 e. The molecular weight excluding hydrogens is 344 g/mol. The first-order valence-corrected chi connectivity index (χ1v) is 8.89. The molecule has 1 aromatic heterocycles. The summed E-state index contributed by atoms with van der Waals surface area (Å²) in [5.41, 5.74) is 4.53. The average molecular weight is 361 g/mol. The van der Waals surface area contributed by atoms with Crippen LogP contribution in [0.4, 0.5) is 0 Å². The van der Waals surface area contributed by atoms with Crippen LogP contribution in [0.5, 0.6) is 0 Å². The summed E-state index contributed by atoms with van der Waals surface area (Å²) in [6.07, 6.45) is 2.85. The highest BCUT2D eigenvalue weighted by molar-refractivity contribution is 6.31. The van der Waals surface area contributed by atoms with Crippen molar-refractivity contribution in [2.75, 3.05) is 0 Å². The molecule has 0 N–H and O–H groups in total. The average Bonchev–Trinajstić information content (AvgIpc) is 3.11. The van der Waals surface area contributed by atoms with Gasteiger partial charge in [0.1, 0.15) is 6.33 Å². The van der Waals surface area contributed by atoms with Gasteiger partial charge in [-0.1, -0.05) is 48.0 Å². The van der Waals surface area contributed by atoms with Gasteiger partial charge < -0.3 is 0 Å². The molecule has 0 bridgehead atoms. The fourth-order valence-electron chi connectivity index (χ4n) is 3.07. The van der Waals surface area contributed by atoms with E-state index in [9.17, 15) is 4.79 Å². The van der Waals surface area contributed by atoms with Gasteiger partial charge in [-0.2, -0.15) is 0 Å². The Labute approximate surface area is 156 Å². The number of ketones is 1. The molecule has 3 nitrogen and oxygen atoms in total. The van der Waals surface area contributed by atoms with E-state index >= 15 is 0 Å². The molecule has 4 aromatic rings. The van der Waals surface area contributed by atoms with Crippen molar-refractivity contribution in [3.63, 3.8) is 0 Å². The number of para-hydroxylation sites is 1. The maximum Gasteiger partial charge on any atom is 0.163 e. The first-order chi connectivity index (χ1) is 12.7. The Balaban J connectivity index is 1.56. The zero-order chi connectivity index (χ0) is 17.9. The van der Waals surface area contributed by atoms with Crippen molar-refractivity contribution in [3.8, 4) is 5.69 Å². The van der Waals surface area contributed by atoms with Crippen LogP contribution in [0.3, 0.4) is 0 Å². The van der Waals surface area contributed by atoms with E-state index in [1.165, 1.54) is 0 Å². The van der Waals surface area contributed by atoms with Gasteiger partial charge >= 0.3 is 0 Å². The molecule has 0 unspecified atom stereocenters. The van der Waals surface area contributed by atoms with Gasteiger partial charge in [0, 0.05) is 22.7 Å². The second-order valence-electron chi connectivity index (χ2n) is 6.17. The molecule has 0 aliphatic carbocycles.